The molecule has 0 spiro atoms. The molecule has 3 heteroatoms. The van der Waals surface area contributed by atoms with Crippen molar-refractivity contribution in [2.24, 2.45) is 17.1 Å². The van der Waals surface area contributed by atoms with E-state index in [-0.39, 0.29) is 5.41 Å². The molecule has 0 radical (unpaired) electrons. The Morgan fingerprint density at radius 2 is 2.21 bits per heavy atom. The fraction of sp³-hybridized carbons (Fsp3) is 0.909. The lowest BCUT2D eigenvalue weighted by Gasteiger charge is -2.39. The molecular formula is C11H21NO2. The van der Waals surface area contributed by atoms with Crippen molar-refractivity contribution in [1.29, 1.82) is 0 Å². The third kappa shape index (κ3) is 2.71. The maximum atomic E-state index is 10.7. The van der Waals surface area contributed by atoms with Crippen LogP contribution in [-0.2, 0) is 4.79 Å². The molecule has 2 atom stereocenters. The monoisotopic (exact) mass is 199 g/mol. The molecule has 1 aliphatic rings. The van der Waals surface area contributed by atoms with Gasteiger partial charge in [-0.1, -0.05) is 26.7 Å². The summed E-state index contributed by atoms with van der Waals surface area (Å²) in [6.07, 6.45) is 5.45. The van der Waals surface area contributed by atoms with Crippen molar-refractivity contribution in [3.8, 4) is 0 Å². The summed E-state index contributed by atoms with van der Waals surface area (Å²) < 4.78 is 0. The number of hydrogen-bond donors (Lipinski definition) is 2. The summed E-state index contributed by atoms with van der Waals surface area (Å²) in [6, 6.07) is -0.683. The zero-order valence-electron chi connectivity index (χ0n) is 9.12. The first kappa shape index (κ1) is 11.5. The quantitative estimate of drug-likeness (QED) is 0.730. The maximum Gasteiger partial charge on any atom is 0.320 e. The van der Waals surface area contributed by atoms with E-state index in [0.29, 0.717) is 12.3 Å². The van der Waals surface area contributed by atoms with Gasteiger partial charge in [-0.3, -0.25) is 4.79 Å². The molecule has 0 aromatic heterocycles. The van der Waals surface area contributed by atoms with Crippen LogP contribution >= 0.6 is 0 Å². The Labute approximate surface area is 85.7 Å². The molecule has 3 nitrogen and oxygen atoms in total. The standard InChI is InChI=1S/C11H21NO2/c1-11(2)6-4-3-5-8(11)7-9(12)10(13)14/h8-9H,3-7,12H2,1-2H3,(H,13,14). The van der Waals surface area contributed by atoms with E-state index in [2.05, 4.69) is 13.8 Å². The van der Waals surface area contributed by atoms with Gasteiger partial charge in [0.15, 0.2) is 0 Å². The lowest BCUT2D eigenvalue weighted by molar-refractivity contribution is -0.139. The number of nitrogens with two attached hydrogens (primary N) is 1. The molecule has 0 saturated heterocycles. The van der Waals surface area contributed by atoms with Crippen molar-refractivity contribution in [3.63, 3.8) is 0 Å². The summed E-state index contributed by atoms with van der Waals surface area (Å²) >= 11 is 0. The molecule has 82 valence electrons. The molecule has 2 unspecified atom stereocenters. The molecule has 0 heterocycles. The predicted octanol–water partition coefficient (Wildman–Crippen LogP) is 2.00. The average molecular weight is 199 g/mol. The highest BCUT2D eigenvalue weighted by Gasteiger charge is 2.34. The van der Waals surface area contributed by atoms with Crippen molar-refractivity contribution < 1.29 is 9.90 Å². The average Bonchev–Trinajstić information content (AvgIpc) is 2.08. The van der Waals surface area contributed by atoms with E-state index in [1.165, 1.54) is 19.3 Å². The molecule has 0 aliphatic heterocycles. The maximum absolute atomic E-state index is 10.7. The zero-order valence-corrected chi connectivity index (χ0v) is 9.12. The number of hydrogen-bond acceptors (Lipinski definition) is 2. The minimum atomic E-state index is -0.869. The first-order valence-electron chi connectivity index (χ1n) is 5.42. The van der Waals surface area contributed by atoms with Crippen LogP contribution in [0.5, 0.6) is 0 Å². The molecule has 1 rings (SSSR count). The number of aliphatic carboxylic acids is 1. The van der Waals surface area contributed by atoms with Crippen LogP contribution < -0.4 is 5.73 Å². The Hall–Kier alpha value is -0.570. The van der Waals surface area contributed by atoms with Crippen LogP contribution in [0.1, 0.15) is 46.0 Å². The van der Waals surface area contributed by atoms with E-state index in [1.54, 1.807) is 0 Å². The first-order valence-corrected chi connectivity index (χ1v) is 5.42. The molecule has 14 heavy (non-hydrogen) atoms. The van der Waals surface area contributed by atoms with Gasteiger partial charge in [0, 0.05) is 0 Å². The van der Waals surface area contributed by atoms with E-state index >= 15 is 0 Å². The summed E-state index contributed by atoms with van der Waals surface area (Å²) in [5.41, 5.74) is 5.84. The highest BCUT2D eigenvalue weighted by Crippen LogP contribution is 2.42. The van der Waals surface area contributed by atoms with Crippen LogP contribution in [0.2, 0.25) is 0 Å². The third-order valence-electron chi connectivity index (χ3n) is 3.58. The molecule has 1 aliphatic carbocycles. The number of carboxylic acids is 1. The van der Waals surface area contributed by atoms with Crippen LogP contribution in [0.15, 0.2) is 0 Å². The van der Waals surface area contributed by atoms with Gasteiger partial charge in [-0.25, -0.2) is 0 Å². The number of carbonyl (C=O) groups is 1. The molecule has 1 saturated carbocycles. The number of rotatable bonds is 3. The largest absolute Gasteiger partial charge is 0.480 e. The summed E-state index contributed by atoms with van der Waals surface area (Å²) in [6.45, 7) is 4.46. The SMILES string of the molecule is CC1(C)CCCCC1CC(N)C(=O)O. The molecule has 0 aromatic rings. The second-order valence-electron chi connectivity index (χ2n) is 5.11. The van der Waals surface area contributed by atoms with E-state index in [0.717, 1.165) is 6.42 Å². The summed E-state index contributed by atoms with van der Waals surface area (Å²) in [7, 11) is 0. The Kier molecular flexibility index (Phi) is 3.53. The zero-order chi connectivity index (χ0) is 10.8. The summed E-state index contributed by atoms with van der Waals surface area (Å²) in [4.78, 5) is 10.7. The van der Waals surface area contributed by atoms with Gasteiger partial charge < -0.3 is 10.8 Å². The topological polar surface area (TPSA) is 63.3 Å². The van der Waals surface area contributed by atoms with Crippen LogP contribution in [0.25, 0.3) is 0 Å². The predicted molar refractivity (Wildman–Crippen MR) is 56.0 cm³/mol. The van der Waals surface area contributed by atoms with E-state index in [1.807, 2.05) is 0 Å². The highest BCUT2D eigenvalue weighted by atomic mass is 16.4. The van der Waals surface area contributed by atoms with Gasteiger partial charge in [-0.2, -0.15) is 0 Å². The third-order valence-corrected chi connectivity index (χ3v) is 3.58. The molecule has 0 amide bonds. The fourth-order valence-corrected chi connectivity index (χ4v) is 2.41. The minimum absolute atomic E-state index is 0.269. The van der Waals surface area contributed by atoms with Crippen LogP contribution in [0, 0.1) is 11.3 Å². The van der Waals surface area contributed by atoms with Crippen LogP contribution in [0.4, 0.5) is 0 Å². The van der Waals surface area contributed by atoms with Crippen molar-refractivity contribution in [2.75, 3.05) is 0 Å². The van der Waals surface area contributed by atoms with E-state index in [4.69, 9.17) is 10.8 Å². The van der Waals surface area contributed by atoms with Crippen LogP contribution in [-0.4, -0.2) is 17.1 Å². The second kappa shape index (κ2) is 4.30. The van der Waals surface area contributed by atoms with Gasteiger partial charge in [0.25, 0.3) is 0 Å². The van der Waals surface area contributed by atoms with E-state index < -0.39 is 12.0 Å². The number of carboxylic acid groups (broad SMARTS) is 1. The minimum Gasteiger partial charge on any atom is -0.480 e. The van der Waals surface area contributed by atoms with Gasteiger partial charge in [-0.15, -0.1) is 0 Å². The lowest BCUT2D eigenvalue weighted by Crippen LogP contribution is -2.38. The molecule has 1 fully saturated rings. The normalized spacial score (nSPS) is 28.4. The summed E-state index contributed by atoms with van der Waals surface area (Å²) in [5.74, 6) is -0.395. The Balaban J connectivity index is 2.53. The molecule has 0 bridgehead atoms. The van der Waals surface area contributed by atoms with Crippen molar-refractivity contribution >= 4 is 5.97 Å². The first-order chi connectivity index (χ1) is 6.43. The molecule has 3 N–H and O–H groups in total. The molecular weight excluding hydrogens is 178 g/mol. The van der Waals surface area contributed by atoms with Gasteiger partial charge in [-0.05, 0) is 30.6 Å². The van der Waals surface area contributed by atoms with Crippen molar-refractivity contribution in [1.82, 2.24) is 0 Å². The van der Waals surface area contributed by atoms with Gasteiger partial charge in [0.05, 0.1) is 0 Å². The Bertz CT molecular complexity index is 213. The van der Waals surface area contributed by atoms with Crippen molar-refractivity contribution in [2.45, 2.75) is 52.0 Å². The Morgan fingerprint density at radius 3 is 2.71 bits per heavy atom. The molecule has 0 aromatic carbocycles. The van der Waals surface area contributed by atoms with Crippen molar-refractivity contribution in [3.05, 3.63) is 0 Å². The van der Waals surface area contributed by atoms with Gasteiger partial charge in [0.1, 0.15) is 6.04 Å². The lowest BCUT2D eigenvalue weighted by atomic mass is 9.67. The van der Waals surface area contributed by atoms with Gasteiger partial charge in [0.2, 0.25) is 0 Å². The Morgan fingerprint density at radius 1 is 1.57 bits per heavy atom. The fourth-order valence-electron chi connectivity index (χ4n) is 2.41. The second-order valence-corrected chi connectivity index (χ2v) is 5.11. The highest BCUT2D eigenvalue weighted by molar-refractivity contribution is 5.73. The van der Waals surface area contributed by atoms with E-state index in [9.17, 15) is 4.79 Å². The van der Waals surface area contributed by atoms with Gasteiger partial charge >= 0.3 is 5.97 Å². The van der Waals surface area contributed by atoms with Crippen LogP contribution in [0.3, 0.4) is 0 Å². The smallest absolute Gasteiger partial charge is 0.320 e. The summed E-state index contributed by atoms with van der Waals surface area (Å²) in [5, 5.41) is 8.76.